The second-order valence-electron chi connectivity index (χ2n) is 3.23. The largest absolute Gasteiger partial charge is 0.463 e. The summed E-state index contributed by atoms with van der Waals surface area (Å²) >= 11 is 0. The molecule has 74 valence electrons. The lowest BCUT2D eigenvalue weighted by Crippen LogP contribution is -2.06. The molecule has 3 heteroatoms. The summed E-state index contributed by atoms with van der Waals surface area (Å²) in [6, 6.07) is 0. The fourth-order valence-electron chi connectivity index (χ4n) is 0.332. The number of hydrogen-bond acceptors (Lipinski definition) is 3. The van der Waals surface area contributed by atoms with Crippen molar-refractivity contribution < 1.29 is 14.6 Å². The highest BCUT2D eigenvalue weighted by atomic mass is 16.5. The van der Waals surface area contributed by atoms with Gasteiger partial charge in [0, 0.05) is 13.5 Å². The molecule has 0 fully saturated rings. The van der Waals surface area contributed by atoms with Crippen LogP contribution in [0.4, 0.5) is 0 Å². The maximum Gasteiger partial charge on any atom is 0.302 e. The molecule has 0 saturated heterocycles. The Morgan fingerprint density at radius 3 is 1.67 bits per heavy atom. The Hall–Kier alpha value is -0.570. The van der Waals surface area contributed by atoms with Crippen molar-refractivity contribution in [2.45, 2.75) is 40.7 Å². The van der Waals surface area contributed by atoms with Crippen molar-refractivity contribution in [3.63, 3.8) is 0 Å². The number of rotatable bonds is 2. The minimum Gasteiger partial charge on any atom is -0.463 e. The average molecular weight is 176 g/mol. The predicted octanol–water partition coefficient (Wildman–Crippen LogP) is 1.59. The third kappa shape index (κ3) is 22.7. The van der Waals surface area contributed by atoms with E-state index in [0.29, 0.717) is 12.5 Å². The molecule has 0 heterocycles. The molecule has 1 N–H and O–H groups in total. The molecule has 0 aliphatic heterocycles. The van der Waals surface area contributed by atoms with Crippen molar-refractivity contribution in [3.05, 3.63) is 0 Å². The zero-order chi connectivity index (χ0) is 10.1. The first kappa shape index (κ1) is 14.0. The van der Waals surface area contributed by atoms with Crippen molar-refractivity contribution in [1.82, 2.24) is 0 Å². The van der Waals surface area contributed by atoms with E-state index in [2.05, 4.69) is 4.74 Å². The summed E-state index contributed by atoms with van der Waals surface area (Å²) in [6.45, 7) is 9.29. The van der Waals surface area contributed by atoms with Gasteiger partial charge in [0.25, 0.3) is 0 Å². The van der Waals surface area contributed by atoms with E-state index in [-0.39, 0.29) is 12.1 Å². The van der Waals surface area contributed by atoms with Crippen molar-refractivity contribution in [3.8, 4) is 0 Å². The van der Waals surface area contributed by atoms with Gasteiger partial charge < -0.3 is 9.84 Å². The molecule has 0 radical (unpaired) electrons. The minimum atomic E-state index is -0.213. The van der Waals surface area contributed by atoms with Crippen molar-refractivity contribution >= 4 is 5.97 Å². The van der Waals surface area contributed by atoms with E-state index in [1.807, 2.05) is 27.7 Å². The average Bonchev–Trinajstić information content (AvgIpc) is 1.85. The van der Waals surface area contributed by atoms with Crippen LogP contribution in [0.5, 0.6) is 0 Å². The number of aliphatic hydroxyl groups excluding tert-OH is 1. The molecule has 0 saturated carbocycles. The third-order valence-electron chi connectivity index (χ3n) is 0.767. The SMILES string of the molecule is CC(=O)OC(C)C.CC(C)CO. The molecular formula is C9H20O3. The maximum absolute atomic E-state index is 10.0. The van der Waals surface area contributed by atoms with Crippen LogP contribution in [0.3, 0.4) is 0 Å². The van der Waals surface area contributed by atoms with Gasteiger partial charge in [0.15, 0.2) is 0 Å². The van der Waals surface area contributed by atoms with Gasteiger partial charge in [0.05, 0.1) is 6.10 Å². The van der Waals surface area contributed by atoms with Crippen LogP contribution in [0.2, 0.25) is 0 Å². The molecule has 0 aromatic heterocycles. The fourth-order valence-corrected chi connectivity index (χ4v) is 0.332. The van der Waals surface area contributed by atoms with Crippen LogP contribution < -0.4 is 0 Å². The van der Waals surface area contributed by atoms with Gasteiger partial charge in [-0.25, -0.2) is 0 Å². The van der Waals surface area contributed by atoms with Crippen LogP contribution in [0.1, 0.15) is 34.6 Å². The Kier molecular flexibility index (Phi) is 9.93. The normalized spacial score (nSPS) is 9.33. The molecule has 0 spiro atoms. The van der Waals surface area contributed by atoms with E-state index >= 15 is 0 Å². The van der Waals surface area contributed by atoms with Crippen LogP contribution in [0, 0.1) is 5.92 Å². The summed E-state index contributed by atoms with van der Waals surface area (Å²) in [5.74, 6) is 0.227. The fraction of sp³-hybridized carbons (Fsp3) is 0.889. The molecule has 0 atom stereocenters. The van der Waals surface area contributed by atoms with Gasteiger partial charge in [0.1, 0.15) is 0 Å². The van der Waals surface area contributed by atoms with Gasteiger partial charge in [-0.2, -0.15) is 0 Å². The van der Waals surface area contributed by atoms with Crippen LogP contribution in [0.25, 0.3) is 0 Å². The lowest BCUT2D eigenvalue weighted by Gasteiger charge is -2.01. The zero-order valence-corrected chi connectivity index (χ0v) is 8.63. The molecule has 0 bridgehead atoms. The molecular weight excluding hydrogens is 156 g/mol. The molecule has 12 heavy (non-hydrogen) atoms. The molecule has 0 aromatic carbocycles. The quantitative estimate of drug-likeness (QED) is 0.650. The van der Waals surface area contributed by atoms with Gasteiger partial charge in [-0.15, -0.1) is 0 Å². The summed E-state index contributed by atoms with van der Waals surface area (Å²) in [6.07, 6.45) is 0.0255. The van der Waals surface area contributed by atoms with Gasteiger partial charge in [0.2, 0.25) is 0 Å². The molecule has 0 aromatic rings. The Bertz CT molecular complexity index is 108. The van der Waals surface area contributed by atoms with E-state index < -0.39 is 0 Å². The number of ether oxygens (including phenoxy) is 1. The number of hydrogen-bond donors (Lipinski definition) is 1. The van der Waals surface area contributed by atoms with E-state index in [4.69, 9.17) is 5.11 Å². The van der Waals surface area contributed by atoms with E-state index in [1.54, 1.807) is 0 Å². The van der Waals surface area contributed by atoms with Crippen LogP contribution in [-0.4, -0.2) is 23.8 Å². The first-order chi connectivity index (χ1) is 5.40. The smallest absolute Gasteiger partial charge is 0.302 e. The van der Waals surface area contributed by atoms with Crippen molar-refractivity contribution in [1.29, 1.82) is 0 Å². The molecule has 0 aliphatic carbocycles. The molecule has 3 nitrogen and oxygen atoms in total. The Labute approximate surface area is 74.7 Å². The van der Waals surface area contributed by atoms with Crippen LogP contribution in [0.15, 0.2) is 0 Å². The highest BCUT2D eigenvalue weighted by Crippen LogP contribution is 1.85. The third-order valence-corrected chi connectivity index (χ3v) is 0.767. The molecule has 0 amide bonds. The van der Waals surface area contributed by atoms with Crippen molar-refractivity contribution in [2.75, 3.05) is 6.61 Å². The highest BCUT2D eigenvalue weighted by Gasteiger charge is 1.93. The minimum absolute atomic E-state index is 0.0255. The van der Waals surface area contributed by atoms with Gasteiger partial charge >= 0.3 is 5.97 Å². The first-order valence-corrected chi connectivity index (χ1v) is 4.18. The van der Waals surface area contributed by atoms with Crippen LogP contribution >= 0.6 is 0 Å². The van der Waals surface area contributed by atoms with Gasteiger partial charge in [-0.3, -0.25) is 4.79 Å². The Morgan fingerprint density at radius 2 is 1.67 bits per heavy atom. The number of esters is 1. The van der Waals surface area contributed by atoms with E-state index in [0.717, 1.165) is 0 Å². The van der Waals surface area contributed by atoms with E-state index in [1.165, 1.54) is 6.92 Å². The first-order valence-electron chi connectivity index (χ1n) is 4.18. The molecule has 0 rings (SSSR count). The standard InChI is InChI=1S/C5H10O2.C4H10O/c1-4(2)7-5(3)6;1-4(2)3-5/h4H,1-3H3;4-5H,3H2,1-2H3. The monoisotopic (exact) mass is 176 g/mol. The second-order valence-corrected chi connectivity index (χ2v) is 3.23. The van der Waals surface area contributed by atoms with Crippen molar-refractivity contribution in [2.24, 2.45) is 5.92 Å². The lowest BCUT2D eigenvalue weighted by atomic mass is 10.2. The summed E-state index contributed by atoms with van der Waals surface area (Å²) in [5.41, 5.74) is 0. The maximum atomic E-state index is 10.0. The van der Waals surface area contributed by atoms with E-state index in [9.17, 15) is 4.79 Å². The summed E-state index contributed by atoms with van der Waals surface area (Å²) in [5, 5.41) is 8.14. The predicted molar refractivity (Wildman–Crippen MR) is 48.8 cm³/mol. The zero-order valence-electron chi connectivity index (χ0n) is 8.63. The summed E-state index contributed by atoms with van der Waals surface area (Å²) in [4.78, 5) is 10.0. The Morgan fingerprint density at radius 1 is 1.33 bits per heavy atom. The second kappa shape index (κ2) is 8.53. The van der Waals surface area contributed by atoms with Crippen LogP contribution in [-0.2, 0) is 9.53 Å². The molecule has 0 unspecified atom stereocenters. The molecule has 0 aliphatic rings. The Balaban J connectivity index is 0. The highest BCUT2D eigenvalue weighted by molar-refractivity contribution is 5.66. The van der Waals surface area contributed by atoms with Gasteiger partial charge in [-0.05, 0) is 19.8 Å². The topological polar surface area (TPSA) is 46.5 Å². The number of aliphatic hydroxyl groups is 1. The summed E-state index contributed by atoms with van der Waals surface area (Å²) < 4.78 is 4.61. The number of carbonyl (C=O) groups excluding carboxylic acids is 1. The number of carbonyl (C=O) groups is 1. The van der Waals surface area contributed by atoms with Gasteiger partial charge in [-0.1, -0.05) is 13.8 Å². The lowest BCUT2D eigenvalue weighted by molar-refractivity contribution is -0.144. The summed E-state index contributed by atoms with van der Waals surface area (Å²) in [7, 11) is 0.